The zero-order chi connectivity index (χ0) is 9.68. The first-order valence-corrected chi connectivity index (χ1v) is 4.99. The van der Waals surface area contributed by atoms with E-state index in [2.05, 4.69) is 4.74 Å². The van der Waals surface area contributed by atoms with Crippen LogP contribution in [-0.4, -0.2) is 10.6 Å². The monoisotopic (exact) mass is 200 g/mol. The van der Waals surface area contributed by atoms with Crippen LogP contribution in [0, 0.1) is 0 Å². The molecule has 0 aliphatic rings. The van der Waals surface area contributed by atoms with Crippen molar-refractivity contribution >= 4 is 13.7 Å². The van der Waals surface area contributed by atoms with Crippen LogP contribution in [0.5, 0.6) is 0 Å². The molecule has 0 saturated heterocycles. The highest BCUT2D eigenvalue weighted by Gasteiger charge is 2.08. The summed E-state index contributed by atoms with van der Waals surface area (Å²) in [6.45, 7) is 0.0383. The van der Waals surface area contributed by atoms with Gasteiger partial charge in [-0.25, -0.2) is 4.79 Å². The maximum Gasteiger partial charge on any atom is 0.388 e. The molecular weight excluding hydrogens is 191 g/mol. The number of hydrogen-bond donors (Lipinski definition) is 1. The Labute approximate surface area is 76.0 Å². The summed E-state index contributed by atoms with van der Waals surface area (Å²) in [5.74, 6) is 0. The molecule has 0 aliphatic carbocycles. The third kappa shape index (κ3) is 3.40. The van der Waals surface area contributed by atoms with Gasteiger partial charge in [-0.3, -0.25) is 4.57 Å². The van der Waals surface area contributed by atoms with E-state index in [1.807, 2.05) is 6.07 Å². The molecule has 0 bridgehead atoms. The van der Waals surface area contributed by atoms with E-state index in [9.17, 15) is 9.36 Å². The van der Waals surface area contributed by atoms with Crippen LogP contribution in [0.4, 0.5) is 4.79 Å². The summed E-state index contributed by atoms with van der Waals surface area (Å²) in [7, 11) is -3.19. The van der Waals surface area contributed by atoms with Gasteiger partial charge in [-0.15, -0.1) is 0 Å². The van der Waals surface area contributed by atoms with Crippen molar-refractivity contribution in [3.05, 3.63) is 35.9 Å². The van der Waals surface area contributed by atoms with Gasteiger partial charge in [-0.2, -0.15) is 0 Å². The van der Waals surface area contributed by atoms with E-state index in [0.717, 1.165) is 5.56 Å². The summed E-state index contributed by atoms with van der Waals surface area (Å²) in [5, 5.41) is 0. The minimum atomic E-state index is -3.19. The molecule has 1 atom stereocenters. The quantitative estimate of drug-likeness (QED) is 0.755. The van der Waals surface area contributed by atoms with E-state index in [0.29, 0.717) is 0 Å². The zero-order valence-electron chi connectivity index (χ0n) is 6.77. The van der Waals surface area contributed by atoms with Crippen LogP contribution in [0.1, 0.15) is 5.56 Å². The van der Waals surface area contributed by atoms with Gasteiger partial charge in [0.05, 0.1) is 0 Å². The van der Waals surface area contributed by atoms with E-state index < -0.39 is 13.7 Å². The van der Waals surface area contributed by atoms with Crippen molar-refractivity contribution in [1.82, 2.24) is 0 Å². The average Bonchev–Trinajstić information content (AvgIpc) is 2.15. The Morgan fingerprint density at radius 2 is 2.00 bits per heavy atom. The Bertz CT molecular complexity index is 309. The number of ether oxygens (including phenoxy) is 1. The third-order valence-electron chi connectivity index (χ3n) is 1.39. The first kappa shape index (κ1) is 9.96. The molecule has 4 nitrogen and oxygen atoms in total. The minimum absolute atomic E-state index is 0.0383. The van der Waals surface area contributed by atoms with Crippen LogP contribution >= 0.6 is 8.03 Å². The molecule has 1 aromatic rings. The number of carbonyl (C=O) groups is 1. The normalized spacial score (nSPS) is 12.1. The van der Waals surface area contributed by atoms with Crippen molar-refractivity contribution in [3.8, 4) is 0 Å². The van der Waals surface area contributed by atoms with Gasteiger partial charge in [0, 0.05) is 0 Å². The van der Waals surface area contributed by atoms with Crippen molar-refractivity contribution in [2.45, 2.75) is 6.61 Å². The topological polar surface area (TPSA) is 63.6 Å². The molecule has 13 heavy (non-hydrogen) atoms. The number of benzene rings is 1. The molecule has 0 aromatic heterocycles. The highest BCUT2D eigenvalue weighted by molar-refractivity contribution is 7.57. The highest BCUT2D eigenvalue weighted by atomic mass is 31.1. The van der Waals surface area contributed by atoms with Gasteiger partial charge in [0.15, 0.2) is 0 Å². The minimum Gasteiger partial charge on any atom is -0.454 e. The van der Waals surface area contributed by atoms with Crippen molar-refractivity contribution in [3.63, 3.8) is 0 Å². The molecule has 0 aliphatic heterocycles. The molecule has 1 rings (SSSR count). The molecule has 0 heterocycles. The molecule has 70 valence electrons. The molecule has 0 radical (unpaired) electrons. The lowest BCUT2D eigenvalue weighted by atomic mass is 10.2. The lowest BCUT2D eigenvalue weighted by Crippen LogP contribution is -1.96. The van der Waals surface area contributed by atoms with Gasteiger partial charge in [0.1, 0.15) is 6.61 Å². The van der Waals surface area contributed by atoms with E-state index in [1.165, 1.54) is 0 Å². The molecule has 1 N–H and O–H groups in total. The lowest BCUT2D eigenvalue weighted by Gasteiger charge is -2.01. The fourth-order valence-corrected chi connectivity index (χ4v) is 0.980. The largest absolute Gasteiger partial charge is 0.454 e. The Hall–Kier alpha value is -1.12. The summed E-state index contributed by atoms with van der Waals surface area (Å²) in [6, 6.07) is 8.96. The van der Waals surface area contributed by atoms with Crippen LogP contribution in [-0.2, 0) is 15.9 Å². The van der Waals surface area contributed by atoms with E-state index in [1.54, 1.807) is 24.3 Å². The summed E-state index contributed by atoms with van der Waals surface area (Å²) in [5.41, 5.74) is -0.257. The Morgan fingerprint density at radius 3 is 2.54 bits per heavy atom. The van der Waals surface area contributed by atoms with Crippen LogP contribution in [0.25, 0.3) is 0 Å². The van der Waals surface area contributed by atoms with Crippen LogP contribution in [0.3, 0.4) is 0 Å². The molecule has 0 saturated carbocycles. The first-order chi connectivity index (χ1) is 6.20. The molecule has 1 unspecified atom stereocenters. The lowest BCUT2D eigenvalue weighted by molar-refractivity contribution is 0.163. The highest BCUT2D eigenvalue weighted by Crippen LogP contribution is 2.17. The molecular formula is C8H9O4P. The summed E-state index contributed by atoms with van der Waals surface area (Å²) >= 11 is 0. The predicted molar refractivity (Wildman–Crippen MR) is 47.8 cm³/mol. The van der Waals surface area contributed by atoms with Gasteiger partial charge < -0.3 is 9.63 Å². The average molecular weight is 200 g/mol. The third-order valence-corrected chi connectivity index (χ3v) is 1.88. The van der Waals surface area contributed by atoms with Crippen molar-refractivity contribution in [2.24, 2.45) is 0 Å². The first-order valence-electron chi connectivity index (χ1n) is 3.64. The van der Waals surface area contributed by atoms with Crippen molar-refractivity contribution in [1.29, 1.82) is 0 Å². The maximum atomic E-state index is 10.6. The van der Waals surface area contributed by atoms with Crippen LogP contribution < -0.4 is 0 Å². The van der Waals surface area contributed by atoms with Gasteiger partial charge in [-0.05, 0) is 5.56 Å². The summed E-state index contributed by atoms with van der Waals surface area (Å²) in [4.78, 5) is 18.9. The van der Waals surface area contributed by atoms with Gasteiger partial charge in [0.2, 0.25) is 0 Å². The second-order valence-corrected chi connectivity index (χ2v) is 3.39. The molecule has 0 fully saturated rings. The van der Waals surface area contributed by atoms with Crippen molar-refractivity contribution < 1.29 is 19.0 Å². The Morgan fingerprint density at radius 1 is 1.38 bits per heavy atom. The Kier molecular flexibility index (Phi) is 3.68. The fraction of sp³-hybridized carbons (Fsp3) is 0.125. The predicted octanol–water partition coefficient (Wildman–Crippen LogP) is 1.79. The van der Waals surface area contributed by atoms with E-state index in [4.69, 9.17) is 4.89 Å². The van der Waals surface area contributed by atoms with E-state index >= 15 is 0 Å². The molecule has 5 heteroatoms. The zero-order valence-corrected chi connectivity index (χ0v) is 7.77. The van der Waals surface area contributed by atoms with Crippen molar-refractivity contribution in [2.75, 3.05) is 0 Å². The standard InChI is InChI=1S/C8H9O4P/c9-8(13(10)11)12-6-7-4-2-1-3-5-7/h1-5,13H,6H2,(H,10,11). The van der Waals surface area contributed by atoms with Crippen LogP contribution in [0.15, 0.2) is 30.3 Å². The smallest absolute Gasteiger partial charge is 0.388 e. The second-order valence-electron chi connectivity index (χ2n) is 2.37. The fourth-order valence-electron chi connectivity index (χ4n) is 0.785. The SMILES string of the molecule is O=C(OCc1ccccc1)[PH](=O)O. The molecule has 1 aromatic carbocycles. The number of hydrogen-bond acceptors (Lipinski definition) is 3. The number of carbonyl (C=O) groups excluding carboxylic acids is 1. The molecule has 0 spiro atoms. The maximum absolute atomic E-state index is 10.6. The number of rotatable bonds is 3. The van der Waals surface area contributed by atoms with E-state index in [-0.39, 0.29) is 6.61 Å². The Balaban J connectivity index is 2.44. The van der Waals surface area contributed by atoms with Crippen LogP contribution in [0.2, 0.25) is 0 Å². The summed E-state index contributed by atoms with van der Waals surface area (Å²) in [6.07, 6.45) is 0. The van der Waals surface area contributed by atoms with Gasteiger partial charge >= 0.3 is 5.71 Å². The summed E-state index contributed by atoms with van der Waals surface area (Å²) < 4.78 is 14.8. The second kappa shape index (κ2) is 4.80. The van der Waals surface area contributed by atoms with Gasteiger partial charge in [0.25, 0.3) is 8.03 Å². The van der Waals surface area contributed by atoms with Gasteiger partial charge in [-0.1, -0.05) is 30.3 Å². The molecule has 0 amide bonds.